The van der Waals surface area contributed by atoms with E-state index in [2.05, 4.69) is 65.9 Å². The van der Waals surface area contributed by atoms with Gasteiger partial charge in [0.15, 0.2) is 0 Å². The van der Waals surface area contributed by atoms with E-state index in [0.29, 0.717) is 11.5 Å². The van der Waals surface area contributed by atoms with E-state index < -0.39 is 8.32 Å². The summed E-state index contributed by atoms with van der Waals surface area (Å²) in [6, 6.07) is 0. The topological polar surface area (TPSA) is 9.23 Å². The van der Waals surface area contributed by atoms with Crippen LogP contribution in [0.3, 0.4) is 0 Å². The van der Waals surface area contributed by atoms with Gasteiger partial charge in [-0.1, -0.05) is 37.6 Å². The van der Waals surface area contributed by atoms with Crippen molar-refractivity contribution < 1.29 is 4.43 Å². The highest BCUT2D eigenvalue weighted by molar-refractivity contribution is 6.72. The maximum Gasteiger partial charge on any atom is 0.247 e. The highest BCUT2D eigenvalue weighted by atomic mass is 28.4. The molecule has 0 bridgehead atoms. The molecule has 2 rings (SSSR count). The minimum absolute atomic E-state index is 0.440. The molecule has 0 heterocycles. The highest BCUT2D eigenvalue weighted by Gasteiger charge is 2.33. The maximum atomic E-state index is 6.50. The van der Waals surface area contributed by atoms with E-state index in [1.807, 2.05) is 0 Å². The summed E-state index contributed by atoms with van der Waals surface area (Å²) in [6.07, 6.45) is 6.94. The number of fused-ring (bicyclic) bond motifs is 1. The number of rotatable bonds is 3. The first-order valence-electron chi connectivity index (χ1n) is 7.21. The fraction of sp³-hybridized carbons (Fsp3) is 0.529. The summed E-state index contributed by atoms with van der Waals surface area (Å²) in [5, 5.41) is 0. The smallest absolute Gasteiger partial charge is 0.247 e. The van der Waals surface area contributed by atoms with E-state index in [-0.39, 0.29) is 0 Å². The minimum Gasteiger partial charge on any atom is -0.544 e. The van der Waals surface area contributed by atoms with Crippen molar-refractivity contribution in [1.29, 1.82) is 0 Å². The molecule has 0 saturated heterocycles. The summed E-state index contributed by atoms with van der Waals surface area (Å²) in [5.74, 6) is 1.59. The molecule has 0 fully saturated rings. The van der Waals surface area contributed by atoms with Gasteiger partial charge in [-0.25, -0.2) is 0 Å². The summed E-state index contributed by atoms with van der Waals surface area (Å²) in [5.41, 5.74) is 6.07. The molecule has 1 unspecified atom stereocenters. The lowest BCUT2D eigenvalue weighted by Gasteiger charge is -2.33. The van der Waals surface area contributed by atoms with Gasteiger partial charge in [-0.2, -0.15) is 0 Å². The zero-order chi connectivity index (χ0) is 14.4. The molecule has 0 radical (unpaired) electrons. The van der Waals surface area contributed by atoms with Crippen LogP contribution >= 0.6 is 0 Å². The largest absolute Gasteiger partial charge is 0.544 e. The van der Waals surface area contributed by atoms with Crippen molar-refractivity contribution in [3.8, 4) is 0 Å². The van der Waals surface area contributed by atoms with E-state index >= 15 is 0 Å². The summed E-state index contributed by atoms with van der Waals surface area (Å²) in [6.45, 7) is 15.7. The van der Waals surface area contributed by atoms with Crippen molar-refractivity contribution in [2.75, 3.05) is 0 Å². The summed E-state index contributed by atoms with van der Waals surface area (Å²) in [4.78, 5) is 0. The van der Waals surface area contributed by atoms with Crippen molar-refractivity contribution in [3.05, 3.63) is 46.3 Å². The Morgan fingerprint density at radius 2 is 1.74 bits per heavy atom. The molecule has 2 aliphatic rings. The third-order valence-electron chi connectivity index (χ3n) is 4.50. The number of allylic oxidation sites excluding steroid dienone is 7. The second kappa shape index (κ2) is 4.82. The fourth-order valence-electron chi connectivity index (χ4n) is 2.58. The van der Waals surface area contributed by atoms with Crippen LogP contribution in [-0.2, 0) is 4.43 Å². The van der Waals surface area contributed by atoms with Gasteiger partial charge in [-0.15, -0.1) is 0 Å². The molecule has 0 aliphatic heterocycles. The van der Waals surface area contributed by atoms with Crippen molar-refractivity contribution in [2.24, 2.45) is 5.92 Å². The lowest BCUT2D eigenvalue weighted by molar-refractivity contribution is 0.404. The van der Waals surface area contributed by atoms with Gasteiger partial charge in [0.1, 0.15) is 5.76 Å². The van der Waals surface area contributed by atoms with Crippen LogP contribution in [0.25, 0.3) is 0 Å². The average molecular weight is 274 g/mol. The van der Waals surface area contributed by atoms with Crippen LogP contribution < -0.4 is 0 Å². The fourth-order valence-corrected chi connectivity index (χ4v) is 3.66. The number of hydrogen-bond acceptors (Lipinski definition) is 1. The van der Waals surface area contributed by atoms with Crippen LogP contribution in [0.5, 0.6) is 0 Å². The molecular formula is C17H26OSi. The van der Waals surface area contributed by atoms with Gasteiger partial charge in [-0.05, 0) is 56.1 Å². The summed E-state index contributed by atoms with van der Waals surface area (Å²) < 4.78 is 6.50. The van der Waals surface area contributed by atoms with Crippen LogP contribution in [-0.4, -0.2) is 8.32 Å². The Kier molecular flexibility index (Phi) is 3.65. The summed E-state index contributed by atoms with van der Waals surface area (Å²) in [7, 11) is -1.65. The molecule has 0 aromatic heterocycles. The number of hydrogen-bond donors (Lipinski definition) is 0. The Labute approximate surface area is 118 Å². The Morgan fingerprint density at radius 3 is 2.32 bits per heavy atom. The predicted octanol–water partition coefficient (Wildman–Crippen LogP) is 5.35. The van der Waals surface area contributed by atoms with Gasteiger partial charge in [0, 0.05) is 5.92 Å². The second-order valence-corrected chi connectivity index (χ2v) is 11.3. The quantitative estimate of drug-likeness (QED) is 0.630. The van der Waals surface area contributed by atoms with Gasteiger partial charge in [0.2, 0.25) is 8.32 Å². The molecule has 1 atom stereocenters. The Morgan fingerprint density at radius 1 is 1.11 bits per heavy atom. The van der Waals surface area contributed by atoms with Crippen molar-refractivity contribution in [1.82, 2.24) is 0 Å². The lowest BCUT2D eigenvalue weighted by Crippen LogP contribution is -2.34. The highest BCUT2D eigenvalue weighted by Crippen LogP contribution is 2.41. The maximum absolute atomic E-state index is 6.50. The van der Waals surface area contributed by atoms with E-state index in [1.165, 1.54) is 22.3 Å². The van der Waals surface area contributed by atoms with Crippen molar-refractivity contribution >= 4 is 8.32 Å². The first-order valence-corrected chi connectivity index (χ1v) is 10.2. The minimum atomic E-state index is -1.65. The molecule has 1 nitrogen and oxygen atoms in total. The van der Waals surface area contributed by atoms with Crippen LogP contribution in [0.15, 0.2) is 46.3 Å². The SMILES string of the molecule is CC1=CC2C(=C1)C=C(C)C(O[Si](C)(C)C(C)C)=C2C. The standard InChI is InChI=1S/C17H26OSi/c1-11(2)19(6,7)18-17-13(4)10-15-8-12(3)9-16(15)14(17)5/h8-11,16H,1-7H3. The Bertz CT molecular complexity index is 515. The zero-order valence-corrected chi connectivity index (χ0v) is 14.3. The summed E-state index contributed by atoms with van der Waals surface area (Å²) >= 11 is 0. The van der Waals surface area contributed by atoms with E-state index in [4.69, 9.17) is 4.43 Å². The molecular weight excluding hydrogens is 248 g/mol. The van der Waals surface area contributed by atoms with Crippen molar-refractivity contribution in [2.45, 2.75) is 53.3 Å². The molecule has 2 heteroatoms. The third kappa shape index (κ3) is 2.64. The molecule has 2 aliphatic carbocycles. The van der Waals surface area contributed by atoms with E-state index in [1.54, 1.807) is 0 Å². The molecule has 0 saturated carbocycles. The molecule has 104 valence electrons. The Balaban J connectivity index is 2.36. The molecule has 19 heavy (non-hydrogen) atoms. The van der Waals surface area contributed by atoms with E-state index in [0.717, 1.165) is 5.76 Å². The molecule has 0 N–H and O–H groups in total. The van der Waals surface area contributed by atoms with Crippen LogP contribution in [0.4, 0.5) is 0 Å². The van der Waals surface area contributed by atoms with Crippen molar-refractivity contribution in [3.63, 3.8) is 0 Å². The monoisotopic (exact) mass is 274 g/mol. The Hall–Kier alpha value is -1.02. The first-order chi connectivity index (χ1) is 8.72. The van der Waals surface area contributed by atoms with Gasteiger partial charge < -0.3 is 4.43 Å². The molecule has 0 aromatic carbocycles. The molecule has 0 aromatic rings. The van der Waals surface area contributed by atoms with Gasteiger partial charge in [0.05, 0.1) is 0 Å². The van der Waals surface area contributed by atoms with Crippen LogP contribution in [0, 0.1) is 5.92 Å². The van der Waals surface area contributed by atoms with E-state index in [9.17, 15) is 0 Å². The second-order valence-electron chi connectivity index (χ2n) is 6.73. The zero-order valence-electron chi connectivity index (χ0n) is 13.3. The van der Waals surface area contributed by atoms with Gasteiger partial charge in [0.25, 0.3) is 0 Å². The molecule has 0 spiro atoms. The van der Waals surface area contributed by atoms with Crippen LogP contribution in [0.1, 0.15) is 34.6 Å². The third-order valence-corrected chi connectivity index (χ3v) is 8.02. The van der Waals surface area contributed by atoms with Crippen LogP contribution in [0.2, 0.25) is 18.6 Å². The normalized spacial score (nSPS) is 23.2. The lowest BCUT2D eigenvalue weighted by atomic mass is 9.86. The molecule has 0 amide bonds. The first kappa shape index (κ1) is 14.4. The van der Waals surface area contributed by atoms with Gasteiger partial charge >= 0.3 is 0 Å². The average Bonchev–Trinajstić information content (AvgIpc) is 2.65. The predicted molar refractivity (Wildman–Crippen MR) is 85.5 cm³/mol. The van der Waals surface area contributed by atoms with Gasteiger partial charge in [-0.3, -0.25) is 0 Å².